The Hall–Kier alpha value is -2.81. The third kappa shape index (κ3) is 1.64. The summed E-state index contributed by atoms with van der Waals surface area (Å²) in [4.78, 5) is 12.3. The predicted octanol–water partition coefficient (Wildman–Crippen LogP) is 4.36. The summed E-state index contributed by atoms with van der Waals surface area (Å²) in [5.41, 5.74) is 0.903. The summed E-state index contributed by atoms with van der Waals surface area (Å²) in [5.74, 6) is -0.617. The SMILES string of the molecule is O=C1CC(O)=C(O)c2ccc3cc4ccccc4cc3c21. The van der Waals surface area contributed by atoms with Gasteiger partial charge in [0.2, 0.25) is 0 Å². The molecule has 0 saturated heterocycles. The molecule has 0 atom stereocenters. The Morgan fingerprint density at radius 3 is 2.33 bits per heavy atom. The third-order valence-corrected chi connectivity index (χ3v) is 4.02. The summed E-state index contributed by atoms with van der Waals surface area (Å²) in [6.07, 6.45) is -0.148. The van der Waals surface area contributed by atoms with Crippen LogP contribution in [-0.4, -0.2) is 16.0 Å². The number of aliphatic hydroxyl groups is 2. The van der Waals surface area contributed by atoms with E-state index in [9.17, 15) is 15.0 Å². The van der Waals surface area contributed by atoms with Crippen molar-refractivity contribution >= 4 is 33.1 Å². The first-order chi connectivity index (χ1) is 10.1. The summed E-state index contributed by atoms with van der Waals surface area (Å²) in [6.45, 7) is 0. The summed E-state index contributed by atoms with van der Waals surface area (Å²) in [5, 5.41) is 23.6. The van der Waals surface area contributed by atoms with Gasteiger partial charge in [-0.25, -0.2) is 0 Å². The Balaban J connectivity index is 2.16. The molecule has 0 bridgehead atoms. The molecule has 1 aliphatic rings. The predicted molar refractivity (Wildman–Crippen MR) is 82.6 cm³/mol. The van der Waals surface area contributed by atoms with Crippen LogP contribution < -0.4 is 0 Å². The monoisotopic (exact) mass is 276 g/mol. The molecule has 0 heterocycles. The first-order valence-electron chi connectivity index (χ1n) is 6.75. The Morgan fingerprint density at radius 1 is 0.857 bits per heavy atom. The van der Waals surface area contributed by atoms with E-state index in [4.69, 9.17) is 0 Å². The van der Waals surface area contributed by atoms with Crippen LogP contribution in [-0.2, 0) is 0 Å². The van der Waals surface area contributed by atoms with Crippen molar-refractivity contribution in [2.45, 2.75) is 6.42 Å². The number of rotatable bonds is 0. The van der Waals surface area contributed by atoms with Crippen molar-refractivity contribution in [2.75, 3.05) is 0 Å². The second-order valence-electron chi connectivity index (χ2n) is 5.30. The molecule has 3 nitrogen and oxygen atoms in total. The van der Waals surface area contributed by atoms with Crippen molar-refractivity contribution in [3.63, 3.8) is 0 Å². The molecule has 3 heteroatoms. The minimum atomic E-state index is -0.257. The van der Waals surface area contributed by atoms with Crippen molar-refractivity contribution in [1.82, 2.24) is 0 Å². The zero-order chi connectivity index (χ0) is 14.6. The second kappa shape index (κ2) is 4.09. The van der Waals surface area contributed by atoms with Gasteiger partial charge in [0.15, 0.2) is 11.5 Å². The van der Waals surface area contributed by atoms with E-state index in [1.807, 2.05) is 42.5 Å². The number of hydrogen-bond acceptors (Lipinski definition) is 3. The number of Topliss-reactive ketones (excluding diaryl/α,β-unsaturated/α-hetero) is 1. The van der Waals surface area contributed by atoms with Gasteiger partial charge in [0.05, 0.1) is 6.42 Å². The molecule has 3 aromatic carbocycles. The molecule has 2 N–H and O–H groups in total. The number of benzene rings is 3. The summed E-state index contributed by atoms with van der Waals surface area (Å²) in [6, 6.07) is 15.5. The molecule has 0 unspecified atom stereocenters. The largest absolute Gasteiger partial charge is 0.508 e. The lowest BCUT2D eigenvalue weighted by Gasteiger charge is -2.17. The lowest BCUT2D eigenvalue weighted by molar-refractivity contribution is 0.0976. The average Bonchev–Trinajstić information content (AvgIpc) is 2.49. The molecular weight excluding hydrogens is 264 g/mol. The van der Waals surface area contributed by atoms with Crippen molar-refractivity contribution < 1.29 is 15.0 Å². The van der Waals surface area contributed by atoms with Crippen LogP contribution in [0, 0.1) is 0 Å². The Morgan fingerprint density at radius 2 is 1.57 bits per heavy atom. The molecule has 4 rings (SSSR count). The number of aliphatic hydroxyl groups excluding tert-OH is 2. The summed E-state index contributed by atoms with van der Waals surface area (Å²) >= 11 is 0. The van der Waals surface area contributed by atoms with Gasteiger partial charge in [-0.15, -0.1) is 0 Å². The minimum Gasteiger partial charge on any atom is -0.508 e. The number of allylic oxidation sites excluding steroid dienone is 1. The van der Waals surface area contributed by atoms with Gasteiger partial charge in [-0.2, -0.15) is 0 Å². The van der Waals surface area contributed by atoms with E-state index < -0.39 is 0 Å². The smallest absolute Gasteiger partial charge is 0.171 e. The lowest BCUT2D eigenvalue weighted by Crippen LogP contribution is -2.12. The highest BCUT2D eigenvalue weighted by atomic mass is 16.3. The van der Waals surface area contributed by atoms with Crippen LogP contribution in [0.1, 0.15) is 22.3 Å². The molecule has 0 amide bonds. The van der Waals surface area contributed by atoms with E-state index in [0.29, 0.717) is 11.1 Å². The number of carbonyl (C=O) groups is 1. The summed E-state index contributed by atoms with van der Waals surface area (Å²) in [7, 11) is 0. The molecule has 102 valence electrons. The Kier molecular flexibility index (Phi) is 2.33. The van der Waals surface area contributed by atoms with Gasteiger partial charge in [-0.3, -0.25) is 4.79 Å². The van der Waals surface area contributed by atoms with Crippen LogP contribution in [0.3, 0.4) is 0 Å². The van der Waals surface area contributed by atoms with E-state index >= 15 is 0 Å². The third-order valence-electron chi connectivity index (χ3n) is 4.02. The number of fused-ring (bicyclic) bond motifs is 4. The normalized spacial score (nSPS) is 14.8. The molecule has 0 spiro atoms. The maximum Gasteiger partial charge on any atom is 0.171 e. The van der Waals surface area contributed by atoms with Gasteiger partial charge in [-0.1, -0.05) is 30.3 Å². The Bertz CT molecular complexity index is 951. The number of ketones is 1. The topological polar surface area (TPSA) is 57.5 Å². The van der Waals surface area contributed by atoms with E-state index in [-0.39, 0.29) is 23.7 Å². The molecule has 0 saturated carbocycles. The number of carbonyl (C=O) groups excluding carboxylic acids is 1. The zero-order valence-corrected chi connectivity index (χ0v) is 11.1. The van der Waals surface area contributed by atoms with Crippen LogP contribution >= 0.6 is 0 Å². The van der Waals surface area contributed by atoms with E-state index in [1.54, 1.807) is 6.07 Å². The van der Waals surface area contributed by atoms with Gasteiger partial charge in [-0.05, 0) is 39.7 Å². The molecule has 0 fully saturated rings. The maximum absolute atomic E-state index is 12.3. The van der Waals surface area contributed by atoms with Gasteiger partial charge < -0.3 is 10.2 Å². The second-order valence-corrected chi connectivity index (χ2v) is 5.30. The van der Waals surface area contributed by atoms with Crippen LogP contribution in [0.4, 0.5) is 0 Å². The van der Waals surface area contributed by atoms with Crippen LogP contribution in [0.25, 0.3) is 27.3 Å². The molecule has 1 aliphatic carbocycles. The first kappa shape index (κ1) is 12.0. The van der Waals surface area contributed by atoms with E-state index in [0.717, 1.165) is 21.5 Å². The average molecular weight is 276 g/mol. The molecular formula is C18H12O3. The highest BCUT2D eigenvalue weighted by molar-refractivity contribution is 6.16. The first-order valence-corrected chi connectivity index (χ1v) is 6.75. The fourth-order valence-electron chi connectivity index (χ4n) is 2.99. The molecule has 0 radical (unpaired) electrons. The quantitative estimate of drug-likeness (QED) is 0.600. The fourth-order valence-corrected chi connectivity index (χ4v) is 2.99. The van der Waals surface area contributed by atoms with Crippen LogP contribution in [0.15, 0.2) is 54.3 Å². The van der Waals surface area contributed by atoms with Crippen LogP contribution in [0.2, 0.25) is 0 Å². The minimum absolute atomic E-state index is 0.148. The van der Waals surface area contributed by atoms with Gasteiger partial charge >= 0.3 is 0 Å². The molecule has 0 aliphatic heterocycles. The number of hydrogen-bond donors (Lipinski definition) is 2. The zero-order valence-electron chi connectivity index (χ0n) is 11.1. The lowest BCUT2D eigenvalue weighted by atomic mass is 9.88. The van der Waals surface area contributed by atoms with Gasteiger partial charge in [0, 0.05) is 11.1 Å². The molecule has 0 aromatic heterocycles. The standard InChI is InChI=1S/C18H12O3/c19-15-9-16(20)18(21)13-6-5-12-7-10-3-1-2-4-11(10)8-14(12)17(13)15/h1-8,20-21H,9H2. The van der Waals surface area contributed by atoms with Gasteiger partial charge in [0.25, 0.3) is 0 Å². The Labute approximate surface area is 120 Å². The maximum atomic E-state index is 12.3. The van der Waals surface area contributed by atoms with E-state index in [2.05, 4.69) is 0 Å². The molecule has 3 aromatic rings. The summed E-state index contributed by atoms with van der Waals surface area (Å²) < 4.78 is 0. The fraction of sp³-hybridized carbons (Fsp3) is 0.0556. The van der Waals surface area contributed by atoms with Crippen molar-refractivity contribution in [3.05, 3.63) is 65.4 Å². The highest BCUT2D eigenvalue weighted by Gasteiger charge is 2.26. The van der Waals surface area contributed by atoms with Crippen LogP contribution in [0.5, 0.6) is 0 Å². The van der Waals surface area contributed by atoms with E-state index in [1.165, 1.54) is 0 Å². The van der Waals surface area contributed by atoms with Crippen molar-refractivity contribution in [3.8, 4) is 0 Å². The van der Waals surface area contributed by atoms with Gasteiger partial charge in [0.1, 0.15) is 5.76 Å². The highest BCUT2D eigenvalue weighted by Crippen LogP contribution is 2.35. The van der Waals surface area contributed by atoms with Crippen molar-refractivity contribution in [1.29, 1.82) is 0 Å². The van der Waals surface area contributed by atoms with Crippen molar-refractivity contribution in [2.24, 2.45) is 0 Å². The molecule has 21 heavy (non-hydrogen) atoms.